The quantitative estimate of drug-likeness (QED) is 0.750. The second kappa shape index (κ2) is 3.83. The largest absolute Gasteiger partial charge is 0.306 e. The maximum absolute atomic E-state index is 4.21. The monoisotopic (exact) mass is 179 g/mol. The van der Waals surface area contributed by atoms with Gasteiger partial charge in [-0.2, -0.15) is 0 Å². The third kappa shape index (κ3) is 3.51. The first-order valence-electron chi connectivity index (χ1n) is 4.49. The van der Waals surface area contributed by atoms with E-state index in [1.165, 1.54) is 0 Å². The molecular formula is C10H17N3. The fourth-order valence-corrected chi connectivity index (χ4v) is 0.958. The minimum atomic E-state index is 0.136. The van der Waals surface area contributed by atoms with E-state index >= 15 is 0 Å². The Morgan fingerprint density at radius 2 is 2.08 bits per heavy atom. The zero-order valence-electron chi connectivity index (χ0n) is 8.76. The molecule has 1 aromatic heterocycles. The van der Waals surface area contributed by atoms with Crippen molar-refractivity contribution in [1.82, 2.24) is 15.3 Å². The summed E-state index contributed by atoms with van der Waals surface area (Å²) < 4.78 is 0. The van der Waals surface area contributed by atoms with Gasteiger partial charge in [0.2, 0.25) is 0 Å². The first kappa shape index (κ1) is 10.1. The molecule has 0 aromatic carbocycles. The molecule has 0 aliphatic carbocycles. The van der Waals surface area contributed by atoms with Crippen molar-refractivity contribution in [3.05, 3.63) is 23.8 Å². The third-order valence-electron chi connectivity index (χ3n) is 1.79. The Hall–Kier alpha value is -0.960. The van der Waals surface area contributed by atoms with Crippen LogP contribution in [-0.4, -0.2) is 15.5 Å². The highest BCUT2D eigenvalue weighted by Gasteiger charge is 2.09. The van der Waals surface area contributed by atoms with Gasteiger partial charge >= 0.3 is 0 Å². The number of aromatic nitrogens is 2. The van der Waals surface area contributed by atoms with E-state index in [-0.39, 0.29) is 5.54 Å². The van der Waals surface area contributed by atoms with Crippen LogP contribution in [-0.2, 0) is 6.54 Å². The molecule has 0 unspecified atom stereocenters. The summed E-state index contributed by atoms with van der Waals surface area (Å²) >= 11 is 0. The summed E-state index contributed by atoms with van der Waals surface area (Å²) in [6.07, 6.45) is 3.43. The normalized spacial score (nSPS) is 11.7. The second-order valence-corrected chi connectivity index (χ2v) is 4.26. The first-order valence-corrected chi connectivity index (χ1v) is 4.49. The van der Waals surface area contributed by atoms with Crippen LogP contribution < -0.4 is 5.32 Å². The predicted molar refractivity (Wildman–Crippen MR) is 53.4 cm³/mol. The van der Waals surface area contributed by atoms with Crippen molar-refractivity contribution < 1.29 is 0 Å². The average Bonchev–Trinajstić information content (AvgIpc) is 2.01. The molecule has 0 saturated heterocycles. The molecule has 0 atom stereocenters. The zero-order valence-corrected chi connectivity index (χ0v) is 8.76. The summed E-state index contributed by atoms with van der Waals surface area (Å²) in [7, 11) is 0. The lowest BCUT2D eigenvalue weighted by Gasteiger charge is -2.20. The van der Waals surface area contributed by atoms with E-state index < -0.39 is 0 Å². The molecule has 72 valence electrons. The summed E-state index contributed by atoms with van der Waals surface area (Å²) in [6.45, 7) is 9.26. The Morgan fingerprint density at radius 3 is 2.62 bits per heavy atom. The van der Waals surface area contributed by atoms with Crippen molar-refractivity contribution in [3.63, 3.8) is 0 Å². The molecule has 0 aliphatic rings. The molecule has 3 heteroatoms. The molecule has 0 bridgehead atoms. The molecule has 0 saturated carbocycles. The zero-order chi connectivity index (χ0) is 9.90. The van der Waals surface area contributed by atoms with Crippen LogP contribution in [0.4, 0.5) is 0 Å². The molecule has 0 amide bonds. The Labute approximate surface area is 79.6 Å². The van der Waals surface area contributed by atoms with Crippen molar-refractivity contribution in [3.8, 4) is 0 Å². The molecule has 1 N–H and O–H groups in total. The fraction of sp³-hybridized carbons (Fsp3) is 0.600. The van der Waals surface area contributed by atoms with Gasteiger partial charge in [0, 0.05) is 18.3 Å². The van der Waals surface area contributed by atoms with E-state index in [1.807, 2.05) is 13.1 Å². The second-order valence-electron chi connectivity index (χ2n) is 4.26. The van der Waals surface area contributed by atoms with Gasteiger partial charge in [-0.1, -0.05) is 0 Å². The van der Waals surface area contributed by atoms with Crippen LogP contribution in [0.2, 0.25) is 0 Å². The Morgan fingerprint density at radius 1 is 1.38 bits per heavy atom. The lowest BCUT2D eigenvalue weighted by molar-refractivity contribution is 0.420. The molecule has 0 radical (unpaired) electrons. The molecule has 13 heavy (non-hydrogen) atoms. The van der Waals surface area contributed by atoms with E-state index in [9.17, 15) is 0 Å². The fourth-order valence-electron chi connectivity index (χ4n) is 0.958. The van der Waals surface area contributed by atoms with Gasteiger partial charge in [-0.3, -0.25) is 0 Å². The molecule has 1 rings (SSSR count). The predicted octanol–water partition coefficient (Wildman–Crippen LogP) is 1.67. The molecule has 0 aliphatic heterocycles. The highest BCUT2D eigenvalue weighted by molar-refractivity contribution is 5.13. The standard InChI is InChI=1S/C10H17N3/c1-8-5-11-7-12-9(8)6-13-10(2,3)4/h5,7,13H,6H2,1-4H3. The summed E-state index contributed by atoms with van der Waals surface area (Å²) in [5, 5.41) is 3.39. The van der Waals surface area contributed by atoms with Crippen LogP contribution in [0.5, 0.6) is 0 Å². The Kier molecular flexibility index (Phi) is 2.98. The third-order valence-corrected chi connectivity index (χ3v) is 1.79. The number of hydrogen-bond acceptors (Lipinski definition) is 3. The van der Waals surface area contributed by atoms with Gasteiger partial charge in [-0.25, -0.2) is 9.97 Å². The SMILES string of the molecule is Cc1cncnc1CNC(C)(C)C. The molecular weight excluding hydrogens is 162 g/mol. The first-order chi connectivity index (χ1) is 5.99. The number of hydrogen-bond donors (Lipinski definition) is 1. The smallest absolute Gasteiger partial charge is 0.115 e. The number of rotatable bonds is 2. The van der Waals surface area contributed by atoms with Gasteiger partial charge in [0.15, 0.2) is 0 Å². The number of aryl methyl sites for hydroxylation is 1. The molecule has 3 nitrogen and oxygen atoms in total. The molecule has 0 fully saturated rings. The molecule has 1 aromatic rings. The lowest BCUT2D eigenvalue weighted by Crippen LogP contribution is -2.35. The van der Waals surface area contributed by atoms with Crippen molar-refractivity contribution in [1.29, 1.82) is 0 Å². The van der Waals surface area contributed by atoms with Gasteiger partial charge in [0.1, 0.15) is 6.33 Å². The minimum Gasteiger partial charge on any atom is -0.306 e. The molecule has 0 spiro atoms. The van der Waals surface area contributed by atoms with Crippen LogP contribution in [0.1, 0.15) is 32.0 Å². The number of nitrogens with one attached hydrogen (secondary N) is 1. The van der Waals surface area contributed by atoms with Crippen molar-refractivity contribution in [2.75, 3.05) is 0 Å². The van der Waals surface area contributed by atoms with E-state index in [0.717, 1.165) is 17.8 Å². The van der Waals surface area contributed by atoms with Gasteiger partial charge < -0.3 is 5.32 Å². The average molecular weight is 179 g/mol. The van der Waals surface area contributed by atoms with E-state index in [4.69, 9.17) is 0 Å². The van der Waals surface area contributed by atoms with Gasteiger partial charge in [-0.05, 0) is 33.3 Å². The molecule has 1 heterocycles. The highest BCUT2D eigenvalue weighted by atomic mass is 15.0. The van der Waals surface area contributed by atoms with E-state index in [0.29, 0.717) is 0 Å². The maximum Gasteiger partial charge on any atom is 0.115 e. The van der Waals surface area contributed by atoms with Crippen molar-refractivity contribution >= 4 is 0 Å². The van der Waals surface area contributed by atoms with Gasteiger partial charge in [0.05, 0.1) is 5.69 Å². The number of nitrogens with zero attached hydrogens (tertiary/aromatic N) is 2. The van der Waals surface area contributed by atoms with E-state index in [2.05, 4.69) is 36.1 Å². The van der Waals surface area contributed by atoms with E-state index in [1.54, 1.807) is 6.33 Å². The van der Waals surface area contributed by atoms with Crippen LogP contribution in [0.15, 0.2) is 12.5 Å². The Balaban J connectivity index is 2.60. The summed E-state index contributed by atoms with van der Waals surface area (Å²) in [6, 6.07) is 0. The van der Waals surface area contributed by atoms with Crippen LogP contribution in [0.3, 0.4) is 0 Å². The van der Waals surface area contributed by atoms with Gasteiger partial charge in [-0.15, -0.1) is 0 Å². The lowest BCUT2D eigenvalue weighted by atomic mass is 10.1. The summed E-state index contributed by atoms with van der Waals surface area (Å²) in [5.74, 6) is 0. The van der Waals surface area contributed by atoms with Crippen LogP contribution in [0.25, 0.3) is 0 Å². The van der Waals surface area contributed by atoms with Crippen molar-refractivity contribution in [2.45, 2.75) is 39.8 Å². The highest BCUT2D eigenvalue weighted by Crippen LogP contribution is 2.04. The Bertz CT molecular complexity index is 276. The van der Waals surface area contributed by atoms with Crippen LogP contribution >= 0.6 is 0 Å². The summed E-state index contributed by atoms with van der Waals surface area (Å²) in [5.41, 5.74) is 2.35. The minimum absolute atomic E-state index is 0.136. The topological polar surface area (TPSA) is 37.8 Å². The maximum atomic E-state index is 4.21. The van der Waals surface area contributed by atoms with Crippen LogP contribution in [0, 0.1) is 6.92 Å². The summed E-state index contributed by atoms with van der Waals surface area (Å²) in [4.78, 5) is 8.16. The van der Waals surface area contributed by atoms with Crippen molar-refractivity contribution in [2.24, 2.45) is 0 Å². The van der Waals surface area contributed by atoms with Gasteiger partial charge in [0.25, 0.3) is 0 Å².